The predicted octanol–water partition coefficient (Wildman–Crippen LogP) is 0.704. The molecule has 0 saturated carbocycles. The normalized spacial score (nSPS) is 11.8. The summed E-state index contributed by atoms with van der Waals surface area (Å²) in [6.45, 7) is 1.31. The van der Waals surface area contributed by atoms with Gasteiger partial charge in [-0.3, -0.25) is 4.79 Å². The van der Waals surface area contributed by atoms with Gasteiger partial charge in [0.2, 0.25) is 0 Å². The second kappa shape index (κ2) is 5.12. The Bertz CT molecular complexity index is 654. The largest absolute Gasteiger partial charge is 0.390 e. The highest BCUT2D eigenvalue weighted by atomic mass is 19.3. The van der Waals surface area contributed by atoms with Gasteiger partial charge in [0.05, 0.1) is 12.7 Å². The number of nitrogens with one attached hydrogen (secondary N) is 1. The summed E-state index contributed by atoms with van der Waals surface area (Å²) < 4.78 is 27.3. The second-order valence-corrected chi connectivity index (χ2v) is 4.53. The maximum Gasteiger partial charge on any atom is 0.287 e. The minimum absolute atomic E-state index is 0.116. The molecule has 0 unspecified atom stereocenters. The van der Waals surface area contributed by atoms with Gasteiger partial charge in [0.25, 0.3) is 11.8 Å². The number of nitrogens with zero attached hydrogens (tertiary/aromatic N) is 3. The predicted molar refractivity (Wildman–Crippen MR) is 66.8 cm³/mol. The third-order valence-corrected chi connectivity index (χ3v) is 2.76. The van der Waals surface area contributed by atoms with Gasteiger partial charge in [-0.2, -0.15) is 5.10 Å². The van der Waals surface area contributed by atoms with Gasteiger partial charge in [0.1, 0.15) is 12.2 Å². The van der Waals surface area contributed by atoms with Crippen LogP contribution in [-0.4, -0.2) is 44.7 Å². The van der Waals surface area contributed by atoms with E-state index in [2.05, 4.69) is 15.4 Å². The van der Waals surface area contributed by atoms with Crippen molar-refractivity contribution in [3.05, 3.63) is 29.2 Å². The molecule has 6 nitrogen and oxygen atoms in total. The third-order valence-electron chi connectivity index (χ3n) is 2.76. The Balaban J connectivity index is 2.27. The van der Waals surface area contributed by atoms with Crippen LogP contribution in [0.1, 0.15) is 21.7 Å². The molecule has 2 aromatic heterocycles. The van der Waals surface area contributed by atoms with Crippen LogP contribution in [0.2, 0.25) is 0 Å². The number of carbonyl (C=O) groups excluding carboxylic acids is 1. The molecular formula is C12H14F2N4O2. The molecule has 20 heavy (non-hydrogen) atoms. The summed E-state index contributed by atoms with van der Waals surface area (Å²) in [5, 5.41) is 14.5. The van der Waals surface area contributed by atoms with E-state index in [9.17, 15) is 13.6 Å². The number of aliphatic hydroxyl groups is 1. The van der Waals surface area contributed by atoms with Crippen LogP contribution in [0.15, 0.2) is 12.3 Å². The first kappa shape index (κ1) is 14.3. The fourth-order valence-electron chi connectivity index (χ4n) is 1.79. The van der Waals surface area contributed by atoms with Crippen LogP contribution in [-0.2, 0) is 0 Å². The third kappa shape index (κ3) is 2.74. The van der Waals surface area contributed by atoms with Crippen molar-refractivity contribution in [2.75, 3.05) is 13.2 Å². The highest BCUT2D eigenvalue weighted by Crippen LogP contribution is 2.13. The summed E-state index contributed by atoms with van der Waals surface area (Å²) in [4.78, 5) is 16.1. The molecule has 2 N–H and O–H groups in total. The minimum atomic E-state index is -3.35. The highest BCUT2D eigenvalue weighted by Gasteiger charge is 2.29. The van der Waals surface area contributed by atoms with Crippen molar-refractivity contribution in [1.29, 1.82) is 0 Å². The zero-order valence-corrected chi connectivity index (χ0v) is 11.0. The van der Waals surface area contributed by atoms with Crippen LogP contribution < -0.4 is 5.32 Å². The van der Waals surface area contributed by atoms with E-state index in [1.807, 2.05) is 0 Å². The summed E-state index contributed by atoms with van der Waals surface area (Å²) in [6, 6.07) is 1.79. The number of aryl methyl sites for hydroxylation is 2. The number of hydrogen-bond acceptors (Lipinski definition) is 4. The van der Waals surface area contributed by atoms with Crippen molar-refractivity contribution in [3.63, 3.8) is 0 Å². The van der Waals surface area contributed by atoms with Gasteiger partial charge in [-0.1, -0.05) is 0 Å². The molecule has 0 atom stereocenters. The van der Waals surface area contributed by atoms with Gasteiger partial charge < -0.3 is 10.4 Å². The molecule has 2 heterocycles. The maximum atomic E-state index is 12.9. The van der Waals surface area contributed by atoms with Gasteiger partial charge in [-0.15, -0.1) is 0 Å². The lowest BCUT2D eigenvalue weighted by atomic mass is 10.2. The van der Waals surface area contributed by atoms with E-state index >= 15 is 0 Å². The van der Waals surface area contributed by atoms with Gasteiger partial charge in [-0.25, -0.2) is 18.3 Å². The van der Waals surface area contributed by atoms with Crippen LogP contribution >= 0.6 is 0 Å². The van der Waals surface area contributed by atoms with E-state index in [0.717, 1.165) is 5.69 Å². The van der Waals surface area contributed by atoms with Crippen molar-refractivity contribution < 1.29 is 18.7 Å². The number of halogens is 2. The molecule has 1 amide bonds. The van der Waals surface area contributed by atoms with Crippen LogP contribution in [0.4, 0.5) is 8.78 Å². The molecule has 0 aliphatic rings. The molecule has 0 saturated heterocycles. The molecule has 0 aliphatic carbocycles. The highest BCUT2D eigenvalue weighted by molar-refractivity contribution is 5.99. The van der Waals surface area contributed by atoms with Gasteiger partial charge in [0, 0.05) is 11.4 Å². The molecule has 0 fully saturated rings. The number of alkyl halides is 2. The number of amides is 1. The Morgan fingerprint density at radius 1 is 1.50 bits per heavy atom. The van der Waals surface area contributed by atoms with Crippen LogP contribution in [0.5, 0.6) is 0 Å². The molecular weight excluding hydrogens is 270 g/mol. The smallest absolute Gasteiger partial charge is 0.287 e. The number of fused-ring (bicyclic) bond motifs is 1. The molecule has 8 heteroatoms. The molecule has 0 spiro atoms. The number of carbonyl (C=O) groups is 1. The number of rotatable bonds is 4. The molecule has 2 rings (SSSR count). The molecule has 0 aliphatic heterocycles. The van der Waals surface area contributed by atoms with Crippen LogP contribution in [0.25, 0.3) is 5.65 Å². The Labute approximate surface area is 113 Å². The fourth-order valence-corrected chi connectivity index (χ4v) is 1.79. The van der Waals surface area contributed by atoms with Gasteiger partial charge in [-0.05, 0) is 19.9 Å². The van der Waals surface area contributed by atoms with E-state index < -0.39 is 25.0 Å². The van der Waals surface area contributed by atoms with Crippen molar-refractivity contribution in [1.82, 2.24) is 19.9 Å². The minimum Gasteiger partial charge on any atom is -0.390 e. The topological polar surface area (TPSA) is 79.5 Å². The number of aliphatic hydroxyl groups excluding tert-OH is 1. The van der Waals surface area contributed by atoms with Gasteiger partial charge in [0.15, 0.2) is 5.65 Å². The lowest BCUT2D eigenvalue weighted by Gasteiger charge is -2.13. The van der Waals surface area contributed by atoms with E-state index in [1.54, 1.807) is 19.9 Å². The van der Waals surface area contributed by atoms with E-state index in [-0.39, 0.29) is 5.56 Å². The number of aromatic nitrogens is 3. The zero-order valence-electron chi connectivity index (χ0n) is 11.0. The first-order valence-corrected chi connectivity index (χ1v) is 5.93. The summed E-state index contributed by atoms with van der Waals surface area (Å²) >= 11 is 0. The second-order valence-electron chi connectivity index (χ2n) is 4.53. The first-order chi connectivity index (χ1) is 9.34. The summed E-state index contributed by atoms with van der Waals surface area (Å²) in [6.07, 6.45) is 1.28. The van der Waals surface area contributed by atoms with Crippen molar-refractivity contribution in [3.8, 4) is 0 Å². The molecule has 0 aromatic carbocycles. The SMILES string of the molecule is Cc1cc(C)n2ncc(C(=O)NCC(F)(F)CO)c2n1. The van der Waals surface area contributed by atoms with Crippen LogP contribution in [0, 0.1) is 13.8 Å². The van der Waals surface area contributed by atoms with Gasteiger partial charge >= 0.3 is 0 Å². The van der Waals surface area contributed by atoms with Crippen LogP contribution in [0.3, 0.4) is 0 Å². The van der Waals surface area contributed by atoms with E-state index in [0.29, 0.717) is 11.3 Å². The molecule has 0 bridgehead atoms. The summed E-state index contributed by atoms with van der Waals surface area (Å²) in [5.74, 6) is -4.05. The lowest BCUT2D eigenvalue weighted by molar-refractivity contribution is -0.0461. The summed E-state index contributed by atoms with van der Waals surface area (Å²) in [7, 11) is 0. The average molecular weight is 284 g/mol. The molecule has 108 valence electrons. The Morgan fingerprint density at radius 2 is 2.20 bits per heavy atom. The van der Waals surface area contributed by atoms with E-state index in [1.165, 1.54) is 10.7 Å². The van der Waals surface area contributed by atoms with Crippen molar-refractivity contribution >= 4 is 11.6 Å². The zero-order chi connectivity index (χ0) is 14.9. The van der Waals surface area contributed by atoms with Crippen molar-refractivity contribution in [2.24, 2.45) is 0 Å². The molecule has 2 aromatic rings. The maximum absolute atomic E-state index is 12.9. The molecule has 0 radical (unpaired) electrons. The first-order valence-electron chi connectivity index (χ1n) is 5.93. The Kier molecular flexibility index (Phi) is 3.67. The lowest BCUT2D eigenvalue weighted by Crippen LogP contribution is -2.39. The van der Waals surface area contributed by atoms with E-state index in [4.69, 9.17) is 5.11 Å². The fraction of sp³-hybridized carbons (Fsp3) is 0.417. The van der Waals surface area contributed by atoms with Crippen molar-refractivity contribution in [2.45, 2.75) is 19.8 Å². The average Bonchev–Trinajstić information content (AvgIpc) is 2.80. The number of hydrogen-bond donors (Lipinski definition) is 2. The summed E-state index contributed by atoms with van der Waals surface area (Å²) in [5.41, 5.74) is 1.91. The monoisotopic (exact) mass is 284 g/mol. The Morgan fingerprint density at radius 3 is 2.85 bits per heavy atom. The standard InChI is InChI=1S/C12H14F2N4O2/c1-7-3-8(2)18-10(17-7)9(4-16-18)11(20)15-5-12(13,14)6-19/h3-4,19H,5-6H2,1-2H3,(H,15,20). The quantitative estimate of drug-likeness (QED) is 0.866. The Hall–Kier alpha value is -2.09.